The van der Waals surface area contributed by atoms with Gasteiger partial charge in [0, 0.05) is 29.7 Å². The Morgan fingerprint density at radius 3 is 2.58 bits per heavy atom. The van der Waals surface area contributed by atoms with Crippen molar-refractivity contribution in [3.63, 3.8) is 0 Å². The van der Waals surface area contributed by atoms with Crippen molar-refractivity contribution in [1.29, 1.82) is 0 Å². The largest absolute Gasteiger partial charge is 0.768 e. The van der Waals surface area contributed by atoms with E-state index in [2.05, 4.69) is 10.3 Å². The number of carbonyl (C=O) groups is 1. The number of aliphatic imine (C=N–C) groups is 1. The first-order chi connectivity index (χ1) is 12.3. The molecule has 9 heteroatoms. The van der Waals surface area contributed by atoms with E-state index in [9.17, 15) is 13.6 Å². The van der Waals surface area contributed by atoms with Crippen LogP contribution < -0.4 is 21.5 Å². The van der Waals surface area contributed by atoms with Crippen molar-refractivity contribution in [3.8, 4) is 5.75 Å². The number of benzene rings is 1. The maximum absolute atomic E-state index is 12.4. The van der Waals surface area contributed by atoms with Crippen LogP contribution in [0.4, 0.5) is 0 Å². The predicted molar refractivity (Wildman–Crippen MR) is 100 cm³/mol. The van der Waals surface area contributed by atoms with Crippen molar-refractivity contribution >= 4 is 22.7 Å². The molecular formula is C17H25N4O4S-. The minimum Gasteiger partial charge on any atom is -0.768 e. The third-order valence-electron chi connectivity index (χ3n) is 3.52. The highest BCUT2D eigenvalue weighted by Gasteiger charge is 2.17. The van der Waals surface area contributed by atoms with Gasteiger partial charge < -0.3 is 26.1 Å². The Kier molecular flexibility index (Phi) is 8.80. The van der Waals surface area contributed by atoms with Gasteiger partial charge in [-0.2, -0.15) is 0 Å². The molecular weight excluding hydrogens is 356 g/mol. The quantitative estimate of drug-likeness (QED) is 0.429. The molecule has 1 aromatic rings. The molecule has 8 nitrogen and oxygen atoms in total. The zero-order chi connectivity index (χ0) is 19.7. The molecule has 1 atom stereocenters. The van der Waals surface area contributed by atoms with Gasteiger partial charge in [-0.25, -0.2) is 0 Å². The Bertz CT molecular complexity index is 731. The van der Waals surface area contributed by atoms with Gasteiger partial charge in [-0.1, -0.05) is 13.3 Å². The Hall–Kier alpha value is -2.39. The zero-order valence-electron chi connectivity index (χ0n) is 15.2. The van der Waals surface area contributed by atoms with E-state index >= 15 is 0 Å². The average molecular weight is 381 g/mol. The second-order valence-electron chi connectivity index (χ2n) is 5.38. The maximum atomic E-state index is 12.4. The summed E-state index contributed by atoms with van der Waals surface area (Å²) in [6.45, 7) is 4.22. The van der Waals surface area contributed by atoms with Crippen molar-refractivity contribution in [2.75, 3.05) is 13.7 Å². The van der Waals surface area contributed by atoms with E-state index in [-0.39, 0.29) is 22.8 Å². The molecule has 1 rings (SSSR count). The number of nitrogens with two attached hydrogens (primary N) is 2. The topological polar surface area (TPSA) is 143 Å². The lowest BCUT2D eigenvalue weighted by Gasteiger charge is -2.15. The number of allylic oxidation sites excluding steroid dienone is 1. The van der Waals surface area contributed by atoms with Gasteiger partial charge in [-0.05, 0) is 42.6 Å². The fraction of sp³-hybridized carbons (Fsp3) is 0.412. The summed E-state index contributed by atoms with van der Waals surface area (Å²) in [4.78, 5) is 16.4. The molecule has 1 aromatic carbocycles. The van der Waals surface area contributed by atoms with Crippen molar-refractivity contribution in [2.24, 2.45) is 16.5 Å². The summed E-state index contributed by atoms with van der Waals surface area (Å²) in [7, 11) is 1.45. The molecule has 0 aliphatic carbocycles. The number of carbonyl (C=O) groups excluding carboxylic acids is 1. The lowest BCUT2D eigenvalue weighted by atomic mass is 10.1. The van der Waals surface area contributed by atoms with Crippen LogP contribution in [0.2, 0.25) is 0 Å². The van der Waals surface area contributed by atoms with Gasteiger partial charge in [0.1, 0.15) is 11.5 Å². The summed E-state index contributed by atoms with van der Waals surface area (Å²) in [5.41, 5.74) is 12.9. The number of hydrogen-bond donors (Lipinski definition) is 3. The van der Waals surface area contributed by atoms with Gasteiger partial charge in [0.2, 0.25) is 0 Å². The smallest absolute Gasteiger partial charge is 0.271 e. The van der Waals surface area contributed by atoms with Crippen LogP contribution in [-0.2, 0) is 22.4 Å². The Labute approximate surface area is 156 Å². The zero-order valence-corrected chi connectivity index (χ0v) is 16.0. The SMILES string of the molecule is CCCC(N)=C(N)C(=NC)C(=O)NCc1cc(S(=O)[O-])ccc1OCC. The maximum Gasteiger partial charge on any atom is 0.271 e. The number of hydrogen-bond acceptors (Lipinski definition) is 7. The molecule has 1 amide bonds. The highest BCUT2D eigenvalue weighted by Crippen LogP contribution is 2.21. The lowest BCUT2D eigenvalue weighted by Crippen LogP contribution is -2.35. The monoisotopic (exact) mass is 381 g/mol. The van der Waals surface area contributed by atoms with Gasteiger partial charge in [0.25, 0.3) is 5.91 Å². The van der Waals surface area contributed by atoms with Gasteiger partial charge in [0.05, 0.1) is 12.3 Å². The van der Waals surface area contributed by atoms with Gasteiger partial charge >= 0.3 is 0 Å². The van der Waals surface area contributed by atoms with Crippen LogP contribution in [0, 0.1) is 0 Å². The standard InChI is InChI=1S/C17H26N4O4S/c1-4-6-13(18)15(19)16(20-3)17(22)21-10-11-9-12(26(23)24)7-8-14(11)25-5-2/h7-9H,4-6,10,18-19H2,1-3H3,(H,21,22)(H,23,24)/p-1. The van der Waals surface area contributed by atoms with Crippen LogP contribution >= 0.6 is 0 Å². The summed E-state index contributed by atoms with van der Waals surface area (Å²) in [5.74, 6) is -0.00820. The van der Waals surface area contributed by atoms with Crippen molar-refractivity contribution in [2.45, 2.75) is 38.1 Å². The number of nitrogens with zero attached hydrogens (tertiary/aromatic N) is 1. The molecule has 0 fully saturated rings. The van der Waals surface area contributed by atoms with Crippen LogP contribution in [0.3, 0.4) is 0 Å². The molecule has 0 aromatic heterocycles. The number of nitrogens with one attached hydrogen (secondary N) is 1. The molecule has 1 unspecified atom stereocenters. The van der Waals surface area contributed by atoms with Crippen molar-refractivity contribution < 1.29 is 18.3 Å². The van der Waals surface area contributed by atoms with Crippen LogP contribution in [-0.4, -0.2) is 34.0 Å². The Morgan fingerprint density at radius 1 is 1.35 bits per heavy atom. The van der Waals surface area contributed by atoms with E-state index in [0.717, 1.165) is 6.42 Å². The molecule has 0 aliphatic heterocycles. The summed E-state index contributed by atoms with van der Waals surface area (Å²) in [5, 5.41) is 2.67. The first kappa shape index (κ1) is 21.7. The summed E-state index contributed by atoms with van der Waals surface area (Å²) in [6.07, 6.45) is 1.35. The summed E-state index contributed by atoms with van der Waals surface area (Å²) < 4.78 is 27.8. The molecule has 0 spiro atoms. The Balaban J connectivity index is 2.99. The summed E-state index contributed by atoms with van der Waals surface area (Å²) >= 11 is -2.38. The highest BCUT2D eigenvalue weighted by molar-refractivity contribution is 7.79. The molecule has 0 heterocycles. The molecule has 0 aliphatic rings. The molecule has 0 saturated heterocycles. The number of amides is 1. The molecule has 0 bridgehead atoms. The van der Waals surface area contributed by atoms with E-state index in [1.165, 1.54) is 19.2 Å². The molecule has 0 saturated carbocycles. The van der Waals surface area contributed by atoms with E-state index in [4.69, 9.17) is 16.2 Å². The number of rotatable bonds is 9. The van der Waals surface area contributed by atoms with E-state index in [0.29, 0.717) is 30.0 Å². The first-order valence-electron chi connectivity index (χ1n) is 8.20. The molecule has 0 radical (unpaired) electrons. The molecule has 144 valence electrons. The van der Waals surface area contributed by atoms with Crippen LogP contribution in [0.1, 0.15) is 32.3 Å². The van der Waals surface area contributed by atoms with Crippen LogP contribution in [0.25, 0.3) is 0 Å². The van der Waals surface area contributed by atoms with E-state index in [1.807, 2.05) is 13.8 Å². The normalized spacial score (nSPS) is 13.8. The van der Waals surface area contributed by atoms with E-state index < -0.39 is 17.0 Å². The minimum absolute atomic E-state index is 0.0393. The number of ether oxygens (including phenoxy) is 1. The van der Waals surface area contributed by atoms with Gasteiger partial charge in [0.15, 0.2) is 0 Å². The molecule has 5 N–H and O–H groups in total. The third-order valence-corrected chi connectivity index (χ3v) is 4.16. The Morgan fingerprint density at radius 2 is 2.04 bits per heavy atom. The van der Waals surface area contributed by atoms with Crippen LogP contribution in [0.5, 0.6) is 5.75 Å². The van der Waals surface area contributed by atoms with E-state index in [1.54, 1.807) is 6.07 Å². The van der Waals surface area contributed by atoms with Gasteiger partial charge in [-0.15, -0.1) is 0 Å². The first-order valence-corrected chi connectivity index (χ1v) is 9.27. The van der Waals surface area contributed by atoms with Crippen LogP contribution in [0.15, 0.2) is 39.5 Å². The third kappa shape index (κ3) is 5.85. The minimum atomic E-state index is -2.38. The second-order valence-corrected chi connectivity index (χ2v) is 6.32. The highest BCUT2D eigenvalue weighted by atomic mass is 32.2. The summed E-state index contributed by atoms with van der Waals surface area (Å²) in [6, 6.07) is 4.44. The predicted octanol–water partition coefficient (Wildman–Crippen LogP) is 0.939. The average Bonchev–Trinajstić information content (AvgIpc) is 2.61. The lowest BCUT2D eigenvalue weighted by molar-refractivity contribution is -0.114. The van der Waals surface area contributed by atoms with Crippen molar-refractivity contribution in [3.05, 3.63) is 35.2 Å². The fourth-order valence-corrected chi connectivity index (χ4v) is 2.67. The van der Waals surface area contributed by atoms with Gasteiger partial charge in [-0.3, -0.25) is 14.0 Å². The van der Waals surface area contributed by atoms with Crippen molar-refractivity contribution in [1.82, 2.24) is 5.32 Å². The second kappa shape index (κ2) is 10.6. The fourth-order valence-electron chi connectivity index (χ4n) is 2.25. The molecule has 26 heavy (non-hydrogen) atoms.